The highest BCUT2D eigenvalue weighted by Crippen LogP contribution is 2.22. The van der Waals surface area contributed by atoms with Gasteiger partial charge in [-0.3, -0.25) is 4.79 Å². The van der Waals surface area contributed by atoms with Gasteiger partial charge in [-0.05, 0) is 48.9 Å². The maximum absolute atomic E-state index is 12.3. The van der Waals surface area contributed by atoms with E-state index in [9.17, 15) is 4.79 Å². The molecule has 0 fully saturated rings. The molecule has 0 bridgehead atoms. The number of aryl methyl sites for hydroxylation is 1. The molecule has 1 N–H and O–H groups in total. The lowest BCUT2D eigenvalue weighted by Crippen LogP contribution is -2.23. The first kappa shape index (κ1) is 19.4. The molecule has 146 valence electrons. The van der Waals surface area contributed by atoms with Gasteiger partial charge < -0.3 is 9.84 Å². The Kier molecular flexibility index (Phi) is 5.46. The minimum atomic E-state index is -0.448. The Morgan fingerprint density at radius 1 is 1.17 bits per heavy atom. The van der Waals surface area contributed by atoms with Crippen molar-refractivity contribution in [2.24, 2.45) is 0 Å². The van der Waals surface area contributed by atoms with Crippen LogP contribution in [0.1, 0.15) is 21.9 Å². The summed E-state index contributed by atoms with van der Waals surface area (Å²) >= 11 is 9.28. The number of nitrogens with one attached hydrogen (secondary N) is 1. The summed E-state index contributed by atoms with van der Waals surface area (Å²) in [4.78, 5) is 16.5. The van der Waals surface area contributed by atoms with Crippen molar-refractivity contribution in [2.75, 3.05) is 0 Å². The maximum Gasteiger partial charge on any atom is 0.316 e. The molecule has 1 amide bonds. The minimum absolute atomic E-state index is 0.107. The predicted molar refractivity (Wildman–Crippen MR) is 112 cm³/mol. The molecule has 2 aromatic carbocycles. The largest absolute Gasteiger partial charge is 0.344 e. The second-order valence-corrected chi connectivity index (χ2v) is 7.63. The fraction of sp³-hybridized carbons (Fsp3) is 0.100. The van der Waals surface area contributed by atoms with E-state index in [-0.39, 0.29) is 5.89 Å². The standard InChI is InChI=1S/C20H15BrClN5O2/c1-12-17(11-27(25-12)16-8-4-14(21)5-9-16)18-24-20(29-26-18)19(28)23-10-13-2-6-15(22)7-3-13/h2-9,11H,10H2,1H3,(H,23,28). The van der Waals surface area contributed by atoms with Gasteiger partial charge in [0.2, 0.25) is 5.82 Å². The topological polar surface area (TPSA) is 85.8 Å². The van der Waals surface area contributed by atoms with Crippen LogP contribution in [-0.4, -0.2) is 25.8 Å². The van der Waals surface area contributed by atoms with Gasteiger partial charge in [-0.25, -0.2) is 4.68 Å². The number of carbonyl (C=O) groups excluding carboxylic acids is 1. The van der Waals surface area contributed by atoms with Crippen molar-refractivity contribution in [1.29, 1.82) is 0 Å². The van der Waals surface area contributed by atoms with Crippen LogP contribution in [0.2, 0.25) is 5.02 Å². The number of hydrogen-bond acceptors (Lipinski definition) is 5. The number of amides is 1. The second-order valence-electron chi connectivity index (χ2n) is 6.28. The molecule has 9 heteroatoms. The first-order valence-corrected chi connectivity index (χ1v) is 9.85. The summed E-state index contributed by atoms with van der Waals surface area (Å²) < 4.78 is 7.85. The van der Waals surface area contributed by atoms with E-state index in [4.69, 9.17) is 16.1 Å². The molecule has 0 radical (unpaired) electrons. The van der Waals surface area contributed by atoms with E-state index >= 15 is 0 Å². The predicted octanol–water partition coefficient (Wildman–Crippen LogP) is 4.58. The zero-order valence-corrected chi connectivity index (χ0v) is 17.6. The average Bonchev–Trinajstić information content (AvgIpc) is 3.35. The van der Waals surface area contributed by atoms with Crippen molar-refractivity contribution in [3.8, 4) is 17.1 Å². The van der Waals surface area contributed by atoms with E-state index in [1.165, 1.54) is 0 Å². The molecule has 4 aromatic rings. The monoisotopic (exact) mass is 471 g/mol. The highest BCUT2D eigenvalue weighted by atomic mass is 79.9. The van der Waals surface area contributed by atoms with Crippen LogP contribution >= 0.6 is 27.5 Å². The van der Waals surface area contributed by atoms with Crippen molar-refractivity contribution in [1.82, 2.24) is 25.2 Å². The highest BCUT2D eigenvalue weighted by Gasteiger charge is 2.19. The normalized spacial score (nSPS) is 10.9. The zero-order chi connectivity index (χ0) is 20.4. The van der Waals surface area contributed by atoms with Crippen molar-refractivity contribution >= 4 is 33.4 Å². The van der Waals surface area contributed by atoms with Crippen LogP contribution in [-0.2, 0) is 6.54 Å². The third-order valence-electron chi connectivity index (χ3n) is 4.22. The van der Waals surface area contributed by atoms with Crippen LogP contribution in [0.3, 0.4) is 0 Å². The Hall–Kier alpha value is -2.97. The van der Waals surface area contributed by atoms with E-state index in [1.54, 1.807) is 23.0 Å². The van der Waals surface area contributed by atoms with Gasteiger partial charge in [0.15, 0.2) is 0 Å². The van der Waals surface area contributed by atoms with Crippen molar-refractivity contribution in [2.45, 2.75) is 13.5 Å². The third kappa shape index (κ3) is 4.38. The number of aromatic nitrogens is 4. The Bertz CT molecular complexity index is 1150. The van der Waals surface area contributed by atoms with Crippen LogP contribution in [0.5, 0.6) is 0 Å². The lowest BCUT2D eigenvalue weighted by atomic mass is 10.2. The van der Waals surface area contributed by atoms with Gasteiger partial charge in [0.25, 0.3) is 0 Å². The Morgan fingerprint density at radius 3 is 2.62 bits per heavy atom. The number of carbonyl (C=O) groups is 1. The Morgan fingerprint density at radius 2 is 1.90 bits per heavy atom. The van der Waals surface area contributed by atoms with Gasteiger partial charge in [-0.15, -0.1) is 0 Å². The molecule has 0 aliphatic carbocycles. The lowest BCUT2D eigenvalue weighted by Gasteiger charge is -2.02. The molecule has 0 saturated carbocycles. The molecule has 2 heterocycles. The zero-order valence-electron chi connectivity index (χ0n) is 15.3. The number of hydrogen-bond donors (Lipinski definition) is 1. The summed E-state index contributed by atoms with van der Waals surface area (Å²) in [5, 5.41) is 11.8. The van der Waals surface area contributed by atoms with Crippen molar-refractivity contribution in [3.05, 3.63) is 81.4 Å². The lowest BCUT2D eigenvalue weighted by molar-refractivity contribution is 0.0907. The SMILES string of the molecule is Cc1nn(-c2ccc(Br)cc2)cc1-c1noc(C(=O)NCc2ccc(Cl)cc2)n1. The van der Waals surface area contributed by atoms with E-state index in [0.29, 0.717) is 23.0 Å². The second kappa shape index (κ2) is 8.18. The van der Waals surface area contributed by atoms with E-state index < -0.39 is 5.91 Å². The summed E-state index contributed by atoms with van der Waals surface area (Å²) in [6, 6.07) is 14.9. The molecule has 0 aliphatic heterocycles. The summed E-state index contributed by atoms with van der Waals surface area (Å²) in [5.74, 6) is -0.246. The van der Waals surface area contributed by atoms with E-state index in [0.717, 1.165) is 21.4 Å². The van der Waals surface area contributed by atoms with Gasteiger partial charge in [0.05, 0.1) is 16.9 Å². The first-order valence-electron chi connectivity index (χ1n) is 8.68. The van der Waals surface area contributed by atoms with E-state index in [1.807, 2.05) is 43.3 Å². The van der Waals surface area contributed by atoms with Crippen LogP contribution in [0.4, 0.5) is 0 Å². The molecule has 4 rings (SSSR count). The third-order valence-corrected chi connectivity index (χ3v) is 5.00. The van der Waals surface area contributed by atoms with Gasteiger partial charge in [0, 0.05) is 22.2 Å². The molecule has 0 saturated heterocycles. The van der Waals surface area contributed by atoms with E-state index in [2.05, 4.69) is 36.5 Å². The fourth-order valence-corrected chi connectivity index (χ4v) is 3.08. The molecule has 0 spiro atoms. The number of halogens is 2. The summed E-state index contributed by atoms with van der Waals surface area (Å²) in [7, 11) is 0. The number of rotatable bonds is 5. The molecule has 0 aliphatic rings. The van der Waals surface area contributed by atoms with Crippen LogP contribution in [0, 0.1) is 6.92 Å². The van der Waals surface area contributed by atoms with Gasteiger partial charge in [-0.2, -0.15) is 10.1 Å². The van der Waals surface area contributed by atoms with Gasteiger partial charge >= 0.3 is 11.8 Å². The van der Waals surface area contributed by atoms with Crippen LogP contribution in [0.15, 0.2) is 63.7 Å². The Labute approximate surface area is 179 Å². The highest BCUT2D eigenvalue weighted by molar-refractivity contribution is 9.10. The van der Waals surface area contributed by atoms with Gasteiger partial charge in [-0.1, -0.05) is 44.8 Å². The summed E-state index contributed by atoms with van der Waals surface area (Å²) in [6.45, 7) is 2.18. The van der Waals surface area contributed by atoms with Gasteiger partial charge in [0.1, 0.15) is 0 Å². The average molecular weight is 473 g/mol. The molecular weight excluding hydrogens is 458 g/mol. The summed E-state index contributed by atoms with van der Waals surface area (Å²) in [5.41, 5.74) is 3.22. The first-order chi connectivity index (χ1) is 14.0. The smallest absolute Gasteiger partial charge is 0.316 e. The number of benzene rings is 2. The Balaban J connectivity index is 1.49. The number of nitrogens with zero attached hydrogens (tertiary/aromatic N) is 4. The molecule has 0 atom stereocenters. The molecule has 2 aromatic heterocycles. The van der Waals surface area contributed by atoms with Crippen molar-refractivity contribution < 1.29 is 9.32 Å². The molecular formula is C20H15BrClN5O2. The molecule has 0 unspecified atom stereocenters. The molecule has 29 heavy (non-hydrogen) atoms. The maximum atomic E-state index is 12.3. The minimum Gasteiger partial charge on any atom is -0.344 e. The summed E-state index contributed by atoms with van der Waals surface area (Å²) in [6.07, 6.45) is 1.80. The van der Waals surface area contributed by atoms with Crippen LogP contribution < -0.4 is 5.32 Å². The van der Waals surface area contributed by atoms with Crippen LogP contribution in [0.25, 0.3) is 17.1 Å². The molecule has 7 nitrogen and oxygen atoms in total. The quantitative estimate of drug-likeness (QED) is 0.460. The van der Waals surface area contributed by atoms with Crippen molar-refractivity contribution in [3.63, 3.8) is 0 Å². The fourth-order valence-electron chi connectivity index (χ4n) is 2.69.